The van der Waals surface area contributed by atoms with E-state index in [0.29, 0.717) is 0 Å². The van der Waals surface area contributed by atoms with E-state index >= 15 is 0 Å². The normalized spacial score (nSPS) is 10.8. The molecule has 3 N–H and O–H groups in total. The van der Waals surface area contributed by atoms with Gasteiger partial charge in [-0.2, -0.15) is 0 Å². The Hall–Kier alpha value is -1.22. The molecule has 18 heavy (non-hydrogen) atoms. The molecule has 0 aliphatic carbocycles. The monoisotopic (exact) mass is 295 g/mol. The van der Waals surface area contributed by atoms with Crippen LogP contribution in [-0.4, -0.2) is 26.4 Å². The minimum absolute atomic E-state index is 0. The molecule has 0 fully saturated rings. The molecule has 0 bridgehead atoms. The predicted molar refractivity (Wildman–Crippen MR) is 69.3 cm³/mol. The first-order valence-electron chi connectivity index (χ1n) is 4.84. The number of nitrogens with zero attached hydrogens (tertiary/aromatic N) is 1. The van der Waals surface area contributed by atoms with Crippen LogP contribution in [-0.2, 0) is 10.0 Å². The highest BCUT2D eigenvalue weighted by molar-refractivity contribution is 7.89. The average molecular weight is 296 g/mol. The van der Waals surface area contributed by atoms with Crippen molar-refractivity contribution in [2.45, 2.75) is 11.8 Å². The number of nitro groups is 1. The highest BCUT2D eigenvalue weighted by atomic mass is 35.5. The van der Waals surface area contributed by atoms with Crippen LogP contribution in [0, 0.1) is 17.0 Å². The highest BCUT2D eigenvalue weighted by Gasteiger charge is 2.21. The molecule has 0 aliphatic heterocycles. The van der Waals surface area contributed by atoms with Crippen molar-refractivity contribution in [1.82, 2.24) is 4.72 Å². The number of benzene rings is 1. The zero-order valence-corrected chi connectivity index (χ0v) is 11.3. The zero-order chi connectivity index (χ0) is 13.1. The van der Waals surface area contributed by atoms with Crippen LogP contribution < -0.4 is 10.5 Å². The molecule has 1 rings (SSSR count). The molecule has 0 saturated carbocycles. The molecule has 1 aromatic carbocycles. The van der Waals surface area contributed by atoms with Gasteiger partial charge in [-0.05, 0) is 13.0 Å². The Balaban J connectivity index is 0.00000289. The number of hydrogen-bond acceptors (Lipinski definition) is 5. The molecule has 0 amide bonds. The van der Waals surface area contributed by atoms with Crippen molar-refractivity contribution < 1.29 is 13.3 Å². The van der Waals surface area contributed by atoms with E-state index < -0.39 is 14.9 Å². The molecule has 7 nitrogen and oxygen atoms in total. The quantitative estimate of drug-likeness (QED) is 0.608. The van der Waals surface area contributed by atoms with Crippen molar-refractivity contribution in [3.63, 3.8) is 0 Å². The van der Waals surface area contributed by atoms with E-state index in [0.717, 1.165) is 0 Å². The molecule has 0 radical (unpaired) electrons. The SMILES string of the molecule is Cc1c([N+](=O)[O-])cccc1S(=O)(=O)NCCN.Cl. The molecule has 102 valence electrons. The molecule has 9 heteroatoms. The van der Waals surface area contributed by atoms with Crippen LogP contribution >= 0.6 is 12.4 Å². The smallest absolute Gasteiger partial charge is 0.273 e. The maximum atomic E-state index is 11.8. The molecular weight excluding hydrogens is 282 g/mol. The van der Waals surface area contributed by atoms with E-state index in [1.165, 1.54) is 25.1 Å². The second kappa shape index (κ2) is 6.64. The largest absolute Gasteiger partial charge is 0.329 e. The van der Waals surface area contributed by atoms with Crippen LogP contribution in [0.1, 0.15) is 5.56 Å². The van der Waals surface area contributed by atoms with Gasteiger partial charge in [-0.3, -0.25) is 10.1 Å². The molecule has 0 spiro atoms. The van der Waals surface area contributed by atoms with Crippen LogP contribution in [0.4, 0.5) is 5.69 Å². The predicted octanol–water partition coefficient (Wildman–Crippen LogP) is 0.562. The highest BCUT2D eigenvalue weighted by Crippen LogP contribution is 2.24. The second-order valence-corrected chi connectivity index (χ2v) is 5.08. The van der Waals surface area contributed by atoms with E-state index in [-0.39, 0.29) is 41.6 Å². The summed E-state index contributed by atoms with van der Waals surface area (Å²) < 4.78 is 25.9. The summed E-state index contributed by atoms with van der Waals surface area (Å²) >= 11 is 0. The Morgan fingerprint density at radius 2 is 2.06 bits per heavy atom. The van der Waals surface area contributed by atoms with Crippen LogP contribution in [0.25, 0.3) is 0 Å². The summed E-state index contributed by atoms with van der Waals surface area (Å²) in [5.74, 6) is 0. The Kier molecular flexibility index (Phi) is 6.19. The molecular formula is C9H14ClN3O4S. The summed E-state index contributed by atoms with van der Waals surface area (Å²) in [5, 5.41) is 10.7. The van der Waals surface area contributed by atoms with E-state index in [4.69, 9.17) is 5.73 Å². The Bertz CT molecular complexity index is 533. The molecule has 0 atom stereocenters. The first-order valence-corrected chi connectivity index (χ1v) is 6.32. The molecule has 0 aromatic heterocycles. The van der Waals surface area contributed by atoms with Crippen LogP contribution in [0.5, 0.6) is 0 Å². The van der Waals surface area contributed by atoms with Crippen molar-refractivity contribution >= 4 is 28.1 Å². The Morgan fingerprint density at radius 3 is 2.56 bits per heavy atom. The van der Waals surface area contributed by atoms with Crippen LogP contribution in [0.2, 0.25) is 0 Å². The van der Waals surface area contributed by atoms with E-state index in [2.05, 4.69) is 4.72 Å². The summed E-state index contributed by atoms with van der Waals surface area (Å²) in [7, 11) is -3.74. The summed E-state index contributed by atoms with van der Waals surface area (Å²) in [6.45, 7) is 1.65. The standard InChI is InChI=1S/C9H13N3O4S.ClH/c1-7-8(12(13)14)3-2-4-9(7)17(15,16)11-6-5-10;/h2-4,11H,5-6,10H2,1H3;1H. The Labute approximate surface area is 111 Å². The van der Waals surface area contributed by atoms with Crippen LogP contribution in [0.15, 0.2) is 23.1 Å². The third-order valence-electron chi connectivity index (χ3n) is 2.18. The van der Waals surface area contributed by atoms with Gasteiger partial charge >= 0.3 is 0 Å². The van der Waals surface area contributed by atoms with Gasteiger partial charge in [-0.25, -0.2) is 13.1 Å². The van der Waals surface area contributed by atoms with Gasteiger partial charge in [0.2, 0.25) is 10.0 Å². The number of hydrogen-bond donors (Lipinski definition) is 2. The summed E-state index contributed by atoms with van der Waals surface area (Å²) in [5.41, 5.74) is 5.09. The molecule has 0 aliphatic rings. The lowest BCUT2D eigenvalue weighted by atomic mass is 10.2. The third kappa shape index (κ3) is 3.64. The number of sulfonamides is 1. The topological polar surface area (TPSA) is 115 Å². The van der Waals surface area contributed by atoms with E-state index in [9.17, 15) is 18.5 Å². The van der Waals surface area contributed by atoms with Gasteiger partial charge in [0, 0.05) is 24.7 Å². The molecule has 0 saturated heterocycles. The maximum Gasteiger partial charge on any atom is 0.273 e. The fourth-order valence-corrected chi connectivity index (χ4v) is 2.67. The minimum Gasteiger partial charge on any atom is -0.329 e. The lowest BCUT2D eigenvalue weighted by Crippen LogP contribution is -2.29. The number of nitro benzene ring substituents is 1. The van der Waals surface area contributed by atoms with Crippen molar-refractivity contribution in [1.29, 1.82) is 0 Å². The van der Waals surface area contributed by atoms with Gasteiger partial charge in [0.25, 0.3) is 5.69 Å². The average Bonchev–Trinajstić information content (AvgIpc) is 2.26. The number of nitrogens with one attached hydrogen (secondary N) is 1. The fourth-order valence-electron chi connectivity index (χ4n) is 1.36. The van der Waals surface area contributed by atoms with Gasteiger partial charge in [-0.1, -0.05) is 6.07 Å². The van der Waals surface area contributed by atoms with Crippen LogP contribution in [0.3, 0.4) is 0 Å². The number of nitrogens with two attached hydrogens (primary N) is 1. The number of rotatable bonds is 5. The lowest BCUT2D eigenvalue weighted by molar-refractivity contribution is -0.385. The first kappa shape index (κ1) is 16.8. The van der Waals surface area contributed by atoms with Gasteiger partial charge in [0.15, 0.2) is 0 Å². The molecule has 0 unspecified atom stereocenters. The first-order chi connectivity index (χ1) is 7.90. The third-order valence-corrected chi connectivity index (χ3v) is 3.78. The van der Waals surface area contributed by atoms with Gasteiger partial charge < -0.3 is 5.73 Å². The van der Waals surface area contributed by atoms with E-state index in [1.807, 2.05) is 0 Å². The zero-order valence-electron chi connectivity index (χ0n) is 9.62. The molecule has 1 aromatic rings. The maximum absolute atomic E-state index is 11.8. The molecule has 0 heterocycles. The lowest BCUT2D eigenvalue weighted by Gasteiger charge is -2.08. The van der Waals surface area contributed by atoms with E-state index in [1.54, 1.807) is 0 Å². The van der Waals surface area contributed by atoms with Crippen molar-refractivity contribution in [3.05, 3.63) is 33.9 Å². The van der Waals surface area contributed by atoms with Crippen molar-refractivity contribution in [3.8, 4) is 0 Å². The summed E-state index contributed by atoms with van der Waals surface area (Å²) in [6.07, 6.45) is 0. The summed E-state index contributed by atoms with van der Waals surface area (Å²) in [4.78, 5) is 9.97. The van der Waals surface area contributed by atoms with Crippen molar-refractivity contribution in [2.24, 2.45) is 5.73 Å². The summed E-state index contributed by atoms with van der Waals surface area (Å²) in [6, 6.07) is 3.92. The van der Waals surface area contributed by atoms with Gasteiger partial charge in [-0.15, -0.1) is 12.4 Å². The van der Waals surface area contributed by atoms with Crippen molar-refractivity contribution in [2.75, 3.05) is 13.1 Å². The van der Waals surface area contributed by atoms with Gasteiger partial charge in [0.1, 0.15) is 0 Å². The fraction of sp³-hybridized carbons (Fsp3) is 0.333. The minimum atomic E-state index is -3.74. The Morgan fingerprint density at radius 1 is 1.44 bits per heavy atom. The van der Waals surface area contributed by atoms with Gasteiger partial charge in [0.05, 0.1) is 9.82 Å². The second-order valence-electron chi connectivity index (χ2n) is 3.34. The number of halogens is 1.